The Morgan fingerprint density at radius 2 is 2.20 bits per heavy atom. The topological polar surface area (TPSA) is 26.0 Å². The van der Waals surface area contributed by atoms with Crippen LogP contribution in [0.15, 0.2) is 23.7 Å². The molecule has 0 saturated heterocycles. The molecule has 0 bridgehead atoms. The van der Waals surface area contributed by atoms with Gasteiger partial charge in [0.2, 0.25) is 0 Å². The predicted octanol–water partition coefficient (Wildman–Crippen LogP) is 1.67. The monoisotopic (exact) mass is 145 g/mol. The maximum atomic E-state index is 12.7. The van der Waals surface area contributed by atoms with Crippen molar-refractivity contribution in [2.45, 2.75) is 13.1 Å². The van der Waals surface area contributed by atoms with E-state index in [1.807, 2.05) is 0 Å². The Kier molecular flexibility index (Phi) is 1.74. The molecule has 0 radical (unpaired) electrons. The summed E-state index contributed by atoms with van der Waals surface area (Å²) in [6, 6.07) is 0. The van der Waals surface area contributed by atoms with Gasteiger partial charge in [-0.3, -0.25) is 0 Å². The fraction of sp³-hybridized carbons (Fsp3) is 0.429. The van der Waals surface area contributed by atoms with E-state index in [4.69, 9.17) is 5.73 Å². The molecule has 0 aromatic rings. The predicted molar refractivity (Wildman–Crippen MR) is 35.5 cm³/mol. The van der Waals surface area contributed by atoms with Crippen molar-refractivity contribution in [2.75, 3.05) is 0 Å². The van der Waals surface area contributed by atoms with Gasteiger partial charge in [0.25, 0.3) is 0 Å². The summed E-state index contributed by atoms with van der Waals surface area (Å²) in [5.41, 5.74) is 4.81. The molecule has 2 N–H and O–H groups in total. The molecular weight excluding hydrogens is 136 g/mol. The summed E-state index contributed by atoms with van der Waals surface area (Å²) in [6.07, 6.45) is 1.32. The summed E-state index contributed by atoms with van der Waals surface area (Å²) in [4.78, 5) is 0. The maximum absolute atomic E-state index is 12.7. The second kappa shape index (κ2) is 2.40. The van der Waals surface area contributed by atoms with Crippen molar-refractivity contribution < 1.29 is 8.78 Å². The highest BCUT2D eigenvalue weighted by Crippen LogP contribution is 2.23. The fourth-order valence-corrected chi connectivity index (χ4v) is 0.845. The van der Waals surface area contributed by atoms with Gasteiger partial charge in [-0.25, -0.2) is 8.78 Å². The SMILES string of the molecule is CC1C=CC(F)=C(N)C1F. The summed E-state index contributed by atoms with van der Waals surface area (Å²) in [7, 11) is 0. The van der Waals surface area contributed by atoms with Crippen molar-refractivity contribution in [3.8, 4) is 0 Å². The molecule has 0 aromatic heterocycles. The molecule has 2 unspecified atom stereocenters. The fourth-order valence-electron chi connectivity index (χ4n) is 0.845. The molecular formula is C7H9F2N. The van der Waals surface area contributed by atoms with Crippen LogP contribution in [0, 0.1) is 5.92 Å². The Morgan fingerprint density at radius 1 is 1.60 bits per heavy atom. The zero-order chi connectivity index (χ0) is 7.72. The van der Waals surface area contributed by atoms with Gasteiger partial charge >= 0.3 is 0 Å². The molecule has 0 amide bonds. The van der Waals surface area contributed by atoms with E-state index in [9.17, 15) is 8.78 Å². The van der Waals surface area contributed by atoms with E-state index in [2.05, 4.69) is 0 Å². The molecule has 1 nitrogen and oxygen atoms in total. The smallest absolute Gasteiger partial charge is 0.148 e. The van der Waals surface area contributed by atoms with E-state index >= 15 is 0 Å². The molecule has 0 fully saturated rings. The molecule has 1 aliphatic rings. The van der Waals surface area contributed by atoms with Gasteiger partial charge in [-0.05, 0) is 6.08 Å². The molecule has 3 heteroatoms. The third-order valence-electron chi connectivity index (χ3n) is 1.58. The van der Waals surface area contributed by atoms with Crippen LogP contribution in [0.3, 0.4) is 0 Å². The number of halogens is 2. The van der Waals surface area contributed by atoms with Gasteiger partial charge in [0.1, 0.15) is 12.0 Å². The van der Waals surface area contributed by atoms with Crippen molar-refractivity contribution >= 4 is 0 Å². The third-order valence-corrected chi connectivity index (χ3v) is 1.58. The van der Waals surface area contributed by atoms with Crippen LogP contribution in [0.5, 0.6) is 0 Å². The van der Waals surface area contributed by atoms with Gasteiger partial charge in [0.05, 0.1) is 5.70 Å². The summed E-state index contributed by atoms with van der Waals surface area (Å²) >= 11 is 0. The Morgan fingerprint density at radius 3 is 2.70 bits per heavy atom. The number of nitrogens with two attached hydrogens (primary N) is 1. The van der Waals surface area contributed by atoms with Crippen LogP contribution in [0.25, 0.3) is 0 Å². The second-order valence-corrected chi connectivity index (χ2v) is 2.42. The van der Waals surface area contributed by atoms with Crippen LogP contribution < -0.4 is 5.73 Å². The lowest BCUT2D eigenvalue weighted by Crippen LogP contribution is -2.23. The van der Waals surface area contributed by atoms with Crippen LogP contribution in [0.2, 0.25) is 0 Å². The molecule has 1 aliphatic carbocycles. The van der Waals surface area contributed by atoms with Crippen LogP contribution in [0.1, 0.15) is 6.92 Å². The van der Waals surface area contributed by atoms with E-state index in [1.165, 1.54) is 12.2 Å². The number of rotatable bonds is 0. The van der Waals surface area contributed by atoms with Crippen LogP contribution in [0.4, 0.5) is 8.78 Å². The summed E-state index contributed by atoms with van der Waals surface area (Å²) in [5.74, 6) is -0.954. The highest BCUT2D eigenvalue weighted by Gasteiger charge is 2.22. The van der Waals surface area contributed by atoms with Gasteiger partial charge in [-0.1, -0.05) is 13.0 Å². The van der Waals surface area contributed by atoms with Crippen molar-refractivity contribution in [2.24, 2.45) is 11.7 Å². The van der Waals surface area contributed by atoms with Crippen molar-refractivity contribution in [1.82, 2.24) is 0 Å². The second-order valence-electron chi connectivity index (χ2n) is 2.42. The lowest BCUT2D eigenvalue weighted by molar-refractivity contribution is 0.305. The molecule has 0 spiro atoms. The average molecular weight is 145 g/mol. The molecule has 0 aromatic carbocycles. The lowest BCUT2D eigenvalue weighted by atomic mass is 9.98. The molecule has 0 aliphatic heterocycles. The molecule has 2 atom stereocenters. The first-order valence-corrected chi connectivity index (χ1v) is 3.10. The van der Waals surface area contributed by atoms with Crippen molar-refractivity contribution in [1.29, 1.82) is 0 Å². The standard InChI is InChI=1S/C7H9F2N/c1-4-2-3-5(8)7(10)6(4)9/h2-4,6H,10H2,1H3. The highest BCUT2D eigenvalue weighted by atomic mass is 19.1. The molecule has 1 rings (SSSR count). The minimum absolute atomic E-state index is 0.282. The summed E-state index contributed by atoms with van der Waals surface area (Å²) in [6.45, 7) is 1.65. The van der Waals surface area contributed by atoms with Gasteiger partial charge in [-0.15, -0.1) is 0 Å². The number of allylic oxidation sites excluding steroid dienone is 4. The van der Waals surface area contributed by atoms with Crippen molar-refractivity contribution in [3.63, 3.8) is 0 Å². The Hall–Kier alpha value is -0.860. The zero-order valence-electron chi connectivity index (χ0n) is 5.64. The Balaban J connectivity index is 2.88. The van der Waals surface area contributed by atoms with Crippen molar-refractivity contribution in [3.05, 3.63) is 23.7 Å². The van der Waals surface area contributed by atoms with Crippen LogP contribution in [-0.2, 0) is 0 Å². The van der Waals surface area contributed by atoms with E-state index in [0.29, 0.717) is 0 Å². The van der Waals surface area contributed by atoms with Gasteiger partial charge in [-0.2, -0.15) is 0 Å². The third kappa shape index (κ3) is 1.03. The molecule has 0 saturated carbocycles. The van der Waals surface area contributed by atoms with E-state index < -0.39 is 12.0 Å². The van der Waals surface area contributed by atoms with E-state index in [-0.39, 0.29) is 11.6 Å². The number of alkyl halides is 1. The lowest BCUT2D eigenvalue weighted by Gasteiger charge is -2.17. The van der Waals surface area contributed by atoms with Gasteiger partial charge in [0.15, 0.2) is 0 Å². The average Bonchev–Trinajstić information content (AvgIpc) is 1.93. The maximum Gasteiger partial charge on any atom is 0.148 e. The number of hydrogen-bond acceptors (Lipinski definition) is 1. The first kappa shape index (κ1) is 7.25. The Bertz CT molecular complexity index is 196. The van der Waals surface area contributed by atoms with Gasteiger partial charge in [0, 0.05) is 5.92 Å². The minimum atomic E-state index is -1.36. The zero-order valence-corrected chi connectivity index (χ0v) is 5.64. The van der Waals surface area contributed by atoms with Crippen LogP contribution in [-0.4, -0.2) is 6.17 Å². The summed E-state index contributed by atoms with van der Waals surface area (Å²) in [5, 5.41) is 0. The number of hydrogen-bond donors (Lipinski definition) is 1. The normalized spacial score (nSPS) is 33.1. The van der Waals surface area contributed by atoms with Crippen LogP contribution >= 0.6 is 0 Å². The minimum Gasteiger partial charge on any atom is -0.397 e. The largest absolute Gasteiger partial charge is 0.397 e. The quantitative estimate of drug-likeness (QED) is 0.551. The molecule has 56 valence electrons. The highest BCUT2D eigenvalue weighted by molar-refractivity contribution is 5.26. The molecule has 10 heavy (non-hydrogen) atoms. The van der Waals surface area contributed by atoms with Gasteiger partial charge < -0.3 is 5.73 Å². The first-order chi connectivity index (χ1) is 4.63. The molecule has 0 heterocycles. The Labute approximate surface area is 58.2 Å². The van der Waals surface area contributed by atoms with E-state index in [1.54, 1.807) is 6.92 Å². The summed E-state index contributed by atoms with van der Waals surface area (Å²) < 4.78 is 25.2. The van der Waals surface area contributed by atoms with E-state index in [0.717, 1.165) is 0 Å². The first-order valence-electron chi connectivity index (χ1n) is 3.10.